The van der Waals surface area contributed by atoms with Crippen molar-refractivity contribution in [2.75, 3.05) is 6.61 Å². The number of hydrogen-bond acceptors (Lipinski definition) is 4. The van der Waals surface area contributed by atoms with Gasteiger partial charge >= 0.3 is 12.3 Å². The highest BCUT2D eigenvalue weighted by molar-refractivity contribution is 6.17. The first kappa shape index (κ1) is 16.1. The van der Waals surface area contributed by atoms with E-state index >= 15 is 0 Å². The minimum atomic E-state index is -5.03. The van der Waals surface area contributed by atoms with Gasteiger partial charge in [-0.2, -0.15) is 5.26 Å². The summed E-state index contributed by atoms with van der Waals surface area (Å²) in [5, 5.41) is 8.88. The highest BCUT2D eigenvalue weighted by atomic mass is 35.5. The van der Waals surface area contributed by atoms with Crippen molar-refractivity contribution in [1.29, 1.82) is 5.26 Å². The van der Waals surface area contributed by atoms with E-state index in [4.69, 9.17) is 16.9 Å². The van der Waals surface area contributed by atoms with Crippen LogP contribution in [0.1, 0.15) is 28.4 Å². The lowest BCUT2D eigenvalue weighted by molar-refractivity contribution is -0.274. The van der Waals surface area contributed by atoms with Crippen LogP contribution in [-0.2, 0) is 10.6 Å². The third-order valence-corrected chi connectivity index (χ3v) is 2.45. The largest absolute Gasteiger partial charge is 0.573 e. The molecule has 20 heavy (non-hydrogen) atoms. The molecular weight excluding hydrogens is 299 g/mol. The zero-order valence-electron chi connectivity index (χ0n) is 10.3. The molecule has 0 saturated carbocycles. The Labute approximate surface area is 117 Å². The van der Waals surface area contributed by atoms with E-state index in [-0.39, 0.29) is 12.5 Å². The van der Waals surface area contributed by atoms with Gasteiger partial charge in [0.2, 0.25) is 0 Å². The van der Waals surface area contributed by atoms with Gasteiger partial charge in [-0.1, -0.05) is 0 Å². The van der Waals surface area contributed by atoms with Crippen molar-refractivity contribution in [2.45, 2.75) is 19.2 Å². The predicted molar refractivity (Wildman–Crippen MR) is 63.4 cm³/mol. The van der Waals surface area contributed by atoms with Crippen LogP contribution in [0.15, 0.2) is 12.1 Å². The van der Waals surface area contributed by atoms with Gasteiger partial charge in [0.05, 0.1) is 12.2 Å². The summed E-state index contributed by atoms with van der Waals surface area (Å²) in [5.41, 5.74) is -0.622. The van der Waals surface area contributed by atoms with Crippen LogP contribution in [0.2, 0.25) is 0 Å². The van der Waals surface area contributed by atoms with Crippen molar-refractivity contribution in [2.24, 2.45) is 0 Å². The summed E-state index contributed by atoms with van der Waals surface area (Å²) >= 11 is 5.57. The second-order valence-electron chi connectivity index (χ2n) is 3.53. The maximum Gasteiger partial charge on any atom is 0.573 e. The van der Waals surface area contributed by atoms with E-state index in [9.17, 15) is 18.0 Å². The second kappa shape index (κ2) is 6.48. The summed E-state index contributed by atoms with van der Waals surface area (Å²) in [5.74, 6) is -1.98. The lowest BCUT2D eigenvalue weighted by atomic mass is 10.1. The van der Waals surface area contributed by atoms with Crippen molar-refractivity contribution in [3.63, 3.8) is 0 Å². The Morgan fingerprint density at radius 1 is 1.45 bits per heavy atom. The average molecular weight is 308 g/mol. The van der Waals surface area contributed by atoms with Gasteiger partial charge in [-0.3, -0.25) is 0 Å². The van der Waals surface area contributed by atoms with E-state index in [0.717, 1.165) is 12.1 Å². The topological polar surface area (TPSA) is 59.3 Å². The first-order chi connectivity index (χ1) is 9.32. The van der Waals surface area contributed by atoms with Gasteiger partial charge in [0, 0.05) is 5.88 Å². The minimum Gasteiger partial charge on any atom is -0.462 e. The summed E-state index contributed by atoms with van der Waals surface area (Å²) in [6.45, 7) is 1.47. The zero-order chi connectivity index (χ0) is 15.3. The van der Waals surface area contributed by atoms with E-state index in [1.807, 2.05) is 0 Å². The maximum atomic E-state index is 12.4. The smallest absolute Gasteiger partial charge is 0.462 e. The second-order valence-corrected chi connectivity index (χ2v) is 3.80. The highest BCUT2D eigenvalue weighted by Crippen LogP contribution is 2.32. The molecule has 0 aliphatic heterocycles. The van der Waals surface area contributed by atoms with Crippen molar-refractivity contribution < 1.29 is 27.4 Å². The van der Waals surface area contributed by atoms with Crippen LogP contribution in [-0.4, -0.2) is 18.9 Å². The molecule has 0 unspecified atom stereocenters. The highest BCUT2D eigenvalue weighted by Gasteiger charge is 2.35. The molecule has 0 bridgehead atoms. The number of hydrogen-bond donors (Lipinski definition) is 0. The van der Waals surface area contributed by atoms with Gasteiger partial charge in [-0.05, 0) is 24.6 Å². The molecule has 0 atom stereocenters. The molecule has 0 N–H and O–H groups in total. The van der Waals surface area contributed by atoms with E-state index in [1.54, 1.807) is 0 Å². The molecule has 0 saturated heterocycles. The van der Waals surface area contributed by atoms with Crippen molar-refractivity contribution in [3.05, 3.63) is 28.8 Å². The van der Waals surface area contributed by atoms with Crippen LogP contribution < -0.4 is 4.74 Å². The Kier molecular flexibility index (Phi) is 5.22. The molecule has 108 valence electrons. The number of nitriles is 1. The number of benzene rings is 1. The Hall–Kier alpha value is -1.94. The molecular formula is C12H9ClF3NO3. The molecule has 0 fully saturated rings. The minimum absolute atomic E-state index is 0.0305. The van der Waals surface area contributed by atoms with Gasteiger partial charge in [0.1, 0.15) is 11.6 Å². The summed E-state index contributed by atoms with van der Waals surface area (Å²) in [6, 6.07) is 3.76. The molecule has 0 aromatic heterocycles. The fraction of sp³-hybridized carbons (Fsp3) is 0.333. The molecule has 1 aromatic rings. The number of carbonyl (C=O) groups is 1. The first-order valence-corrected chi connectivity index (χ1v) is 5.91. The molecule has 0 aliphatic rings. The number of esters is 1. The quantitative estimate of drug-likeness (QED) is 0.632. The first-order valence-electron chi connectivity index (χ1n) is 5.38. The molecule has 0 aliphatic carbocycles. The Morgan fingerprint density at radius 2 is 2.10 bits per heavy atom. The molecule has 4 nitrogen and oxygen atoms in total. The maximum absolute atomic E-state index is 12.4. The summed E-state index contributed by atoms with van der Waals surface area (Å²) in [4.78, 5) is 11.7. The molecule has 0 heterocycles. The fourth-order valence-corrected chi connectivity index (χ4v) is 1.59. The van der Waals surface area contributed by atoms with Crippen LogP contribution in [0.5, 0.6) is 5.75 Å². The zero-order valence-corrected chi connectivity index (χ0v) is 11.0. The van der Waals surface area contributed by atoms with Crippen molar-refractivity contribution >= 4 is 17.6 Å². The molecule has 1 aromatic carbocycles. The number of rotatable bonds is 4. The Balaban J connectivity index is 3.43. The van der Waals surface area contributed by atoms with E-state index in [1.165, 1.54) is 13.0 Å². The lowest BCUT2D eigenvalue weighted by Crippen LogP contribution is -2.20. The Morgan fingerprint density at radius 3 is 2.55 bits per heavy atom. The van der Waals surface area contributed by atoms with Gasteiger partial charge < -0.3 is 9.47 Å². The van der Waals surface area contributed by atoms with E-state index in [2.05, 4.69) is 9.47 Å². The number of alkyl halides is 4. The summed E-state index contributed by atoms with van der Waals surface area (Å²) in [6.07, 6.45) is -5.03. The standard InChI is InChI=1S/C12H9ClF3NO3/c1-2-19-11(18)9-4-7(5-13)3-8(6-17)10(9)20-12(14,15)16/h3-4H,2,5H2,1H3. The number of ether oxygens (including phenoxy) is 2. The summed E-state index contributed by atoms with van der Waals surface area (Å²) in [7, 11) is 0. The monoisotopic (exact) mass is 307 g/mol. The van der Waals surface area contributed by atoms with Crippen LogP contribution in [0.25, 0.3) is 0 Å². The SMILES string of the molecule is CCOC(=O)c1cc(CCl)cc(C#N)c1OC(F)(F)F. The summed E-state index contributed by atoms with van der Waals surface area (Å²) < 4.78 is 45.5. The van der Waals surface area contributed by atoms with Gasteiger partial charge in [0.15, 0.2) is 5.75 Å². The molecule has 8 heteroatoms. The van der Waals surface area contributed by atoms with Crippen LogP contribution in [0.4, 0.5) is 13.2 Å². The normalized spacial score (nSPS) is 10.8. The van der Waals surface area contributed by atoms with Gasteiger partial charge in [0.25, 0.3) is 0 Å². The third-order valence-electron chi connectivity index (χ3n) is 2.14. The third kappa shape index (κ3) is 4.03. The van der Waals surface area contributed by atoms with Crippen LogP contribution >= 0.6 is 11.6 Å². The average Bonchev–Trinajstić information content (AvgIpc) is 2.37. The van der Waals surface area contributed by atoms with Crippen molar-refractivity contribution in [1.82, 2.24) is 0 Å². The van der Waals surface area contributed by atoms with Gasteiger partial charge in [-0.25, -0.2) is 4.79 Å². The van der Waals surface area contributed by atoms with Crippen LogP contribution in [0.3, 0.4) is 0 Å². The molecule has 1 rings (SSSR count). The fourth-order valence-electron chi connectivity index (χ4n) is 1.43. The number of carbonyl (C=O) groups excluding carboxylic acids is 1. The predicted octanol–water partition coefficient (Wildman–Crippen LogP) is 3.37. The van der Waals surface area contributed by atoms with Crippen LogP contribution in [0, 0.1) is 11.3 Å². The van der Waals surface area contributed by atoms with Gasteiger partial charge in [-0.15, -0.1) is 24.8 Å². The number of nitrogens with zero attached hydrogens (tertiary/aromatic N) is 1. The lowest BCUT2D eigenvalue weighted by Gasteiger charge is -2.15. The Bertz CT molecular complexity index is 552. The molecule has 0 amide bonds. The van der Waals surface area contributed by atoms with E-state index < -0.39 is 29.2 Å². The number of halogens is 4. The molecule has 0 spiro atoms. The van der Waals surface area contributed by atoms with E-state index in [0.29, 0.717) is 5.56 Å². The van der Waals surface area contributed by atoms with Crippen molar-refractivity contribution in [3.8, 4) is 11.8 Å². The molecule has 0 radical (unpaired) electrons.